The van der Waals surface area contributed by atoms with Crippen LogP contribution in [0.25, 0.3) is 22.0 Å². The number of carbonyl (C=O) groups is 2. The number of likely N-dealkylation sites (tertiary alicyclic amines) is 1. The standard InChI is InChI=1S/C32H34N6O4/c1-3-21-14-18-38(30(21)39)27-10-4-8-24-23(27)12-11-20(2)28(24)42-29-25(9-5-15-33-29)26-13-16-34-31(36-26)35-22-7-6-17-37(19-22)32(40)41/h4-5,8-13,15-16,21-22H,3,6-7,14,17-19H2,1-2H3,(H,40,41)(H,34,35,36)/t21?,22-/m0/s1. The summed E-state index contributed by atoms with van der Waals surface area (Å²) in [5.74, 6) is 1.75. The largest absolute Gasteiger partial charge is 0.465 e. The summed E-state index contributed by atoms with van der Waals surface area (Å²) in [4.78, 5) is 41.5. The van der Waals surface area contributed by atoms with Crippen molar-refractivity contribution in [3.8, 4) is 22.9 Å². The molecule has 2 fully saturated rings. The second-order valence-corrected chi connectivity index (χ2v) is 10.9. The quantitative estimate of drug-likeness (QED) is 0.275. The third-order valence-corrected chi connectivity index (χ3v) is 8.21. The number of fused-ring (bicyclic) bond motifs is 1. The highest BCUT2D eigenvalue weighted by Crippen LogP contribution is 2.40. The second-order valence-electron chi connectivity index (χ2n) is 10.9. The molecule has 6 rings (SSSR count). The molecule has 0 bridgehead atoms. The van der Waals surface area contributed by atoms with Gasteiger partial charge in [-0.05, 0) is 62.4 Å². The molecule has 0 spiro atoms. The van der Waals surface area contributed by atoms with Gasteiger partial charge in [-0.15, -0.1) is 0 Å². The first kappa shape index (κ1) is 27.4. The molecule has 2 aliphatic rings. The molecule has 216 valence electrons. The van der Waals surface area contributed by atoms with Crippen molar-refractivity contribution in [2.45, 2.75) is 45.6 Å². The van der Waals surface area contributed by atoms with Crippen LogP contribution in [0.5, 0.6) is 11.6 Å². The Kier molecular flexibility index (Phi) is 7.60. The van der Waals surface area contributed by atoms with Crippen molar-refractivity contribution in [2.75, 3.05) is 29.9 Å². The van der Waals surface area contributed by atoms with Crippen LogP contribution in [-0.4, -0.2) is 62.6 Å². The predicted molar refractivity (Wildman–Crippen MR) is 161 cm³/mol. The Hall–Kier alpha value is -4.73. The van der Waals surface area contributed by atoms with Crippen molar-refractivity contribution in [3.05, 3.63) is 66.5 Å². The monoisotopic (exact) mass is 566 g/mol. The fourth-order valence-corrected chi connectivity index (χ4v) is 5.94. The zero-order valence-corrected chi connectivity index (χ0v) is 23.8. The predicted octanol–water partition coefficient (Wildman–Crippen LogP) is 6.11. The van der Waals surface area contributed by atoms with Gasteiger partial charge < -0.3 is 25.0 Å². The fraction of sp³-hybridized carbons (Fsp3) is 0.344. The van der Waals surface area contributed by atoms with Gasteiger partial charge in [-0.2, -0.15) is 0 Å². The Morgan fingerprint density at radius 2 is 1.93 bits per heavy atom. The van der Waals surface area contributed by atoms with E-state index in [9.17, 15) is 14.7 Å². The van der Waals surface area contributed by atoms with Crippen LogP contribution in [0, 0.1) is 12.8 Å². The van der Waals surface area contributed by atoms with Crippen LogP contribution in [0.4, 0.5) is 16.4 Å². The van der Waals surface area contributed by atoms with Gasteiger partial charge in [0.1, 0.15) is 5.75 Å². The van der Waals surface area contributed by atoms with E-state index in [0.29, 0.717) is 48.5 Å². The average Bonchev–Trinajstić information content (AvgIpc) is 3.38. The molecule has 4 aromatic rings. The van der Waals surface area contributed by atoms with Gasteiger partial charge >= 0.3 is 6.09 Å². The highest BCUT2D eigenvalue weighted by Gasteiger charge is 2.32. The van der Waals surface area contributed by atoms with E-state index in [2.05, 4.69) is 28.3 Å². The molecule has 10 heteroatoms. The topological polar surface area (TPSA) is 121 Å². The molecule has 2 saturated heterocycles. The van der Waals surface area contributed by atoms with Gasteiger partial charge in [0, 0.05) is 54.8 Å². The maximum Gasteiger partial charge on any atom is 0.407 e. The first-order valence-corrected chi connectivity index (χ1v) is 14.5. The fourth-order valence-electron chi connectivity index (χ4n) is 5.94. The summed E-state index contributed by atoms with van der Waals surface area (Å²) in [5, 5.41) is 14.5. The number of amides is 2. The molecule has 2 N–H and O–H groups in total. The lowest BCUT2D eigenvalue weighted by Gasteiger charge is -2.31. The number of hydrogen-bond donors (Lipinski definition) is 2. The lowest BCUT2D eigenvalue weighted by molar-refractivity contribution is -0.120. The molecule has 2 aromatic carbocycles. The van der Waals surface area contributed by atoms with E-state index >= 15 is 0 Å². The van der Waals surface area contributed by atoms with E-state index in [1.807, 2.05) is 48.2 Å². The van der Waals surface area contributed by atoms with Gasteiger partial charge in [0.15, 0.2) is 0 Å². The minimum Gasteiger partial charge on any atom is -0.465 e. The molecule has 2 aliphatic heterocycles. The first-order chi connectivity index (χ1) is 20.4. The van der Waals surface area contributed by atoms with E-state index in [1.165, 1.54) is 4.90 Å². The molecule has 10 nitrogen and oxygen atoms in total. The van der Waals surface area contributed by atoms with Crippen molar-refractivity contribution in [2.24, 2.45) is 5.92 Å². The lowest BCUT2D eigenvalue weighted by atomic mass is 10.0. The van der Waals surface area contributed by atoms with E-state index < -0.39 is 6.09 Å². The number of carbonyl (C=O) groups excluding carboxylic acids is 1. The summed E-state index contributed by atoms with van der Waals surface area (Å²) in [6.45, 7) is 5.69. The molecule has 2 amide bonds. The van der Waals surface area contributed by atoms with Crippen LogP contribution in [0.3, 0.4) is 0 Å². The number of ether oxygens (including phenoxy) is 1. The molecule has 0 aliphatic carbocycles. The number of hydrogen-bond acceptors (Lipinski definition) is 7. The third kappa shape index (κ3) is 5.32. The molecular weight excluding hydrogens is 532 g/mol. The number of pyridine rings is 1. The van der Waals surface area contributed by atoms with Crippen LogP contribution >= 0.6 is 0 Å². The molecule has 0 saturated carbocycles. The summed E-state index contributed by atoms with van der Waals surface area (Å²) >= 11 is 0. The molecule has 1 unspecified atom stereocenters. The number of piperidine rings is 1. The number of rotatable bonds is 7. The summed E-state index contributed by atoms with van der Waals surface area (Å²) in [6.07, 6.45) is 5.77. The number of benzene rings is 2. The number of nitrogens with one attached hydrogen (secondary N) is 1. The SMILES string of the molecule is CCC1CCN(c2cccc3c(Oc4ncccc4-c4ccnc(N[C@H]5CCCN(C(=O)O)C5)n4)c(C)ccc23)C1=O. The van der Waals surface area contributed by atoms with E-state index in [1.54, 1.807) is 18.5 Å². The minimum absolute atomic E-state index is 0.0685. The van der Waals surface area contributed by atoms with Gasteiger partial charge in [-0.3, -0.25) is 4.79 Å². The van der Waals surface area contributed by atoms with Crippen LogP contribution in [0.15, 0.2) is 60.9 Å². The molecule has 0 radical (unpaired) electrons. The van der Waals surface area contributed by atoms with Crippen molar-refractivity contribution in [1.82, 2.24) is 19.9 Å². The Labute approximate surface area is 244 Å². The Bertz CT molecular complexity index is 1640. The number of aryl methyl sites for hydroxylation is 1. The highest BCUT2D eigenvalue weighted by molar-refractivity contribution is 6.07. The Morgan fingerprint density at radius 1 is 1.05 bits per heavy atom. The number of nitrogens with zero attached hydrogens (tertiary/aromatic N) is 5. The summed E-state index contributed by atoms with van der Waals surface area (Å²) in [6, 6.07) is 15.5. The zero-order valence-electron chi connectivity index (χ0n) is 23.8. The maximum absolute atomic E-state index is 13.1. The van der Waals surface area contributed by atoms with Gasteiger partial charge in [0.2, 0.25) is 17.7 Å². The van der Waals surface area contributed by atoms with Gasteiger partial charge in [0.25, 0.3) is 0 Å². The number of anilines is 2. The molecule has 2 aromatic heterocycles. The summed E-state index contributed by atoms with van der Waals surface area (Å²) in [7, 11) is 0. The minimum atomic E-state index is -0.915. The second kappa shape index (κ2) is 11.6. The maximum atomic E-state index is 13.1. The molecule has 2 atom stereocenters. The van der Waals surface area contributed by atoms with Crippen LogP contribution in [0.1, 0.15) is 38.2 Å². The van der Waals surface area contributed by atoms with Crippen LogP contribution in [-0.2, 0) is 4.79 Å². The average molecular weight is 567 g/mol. The molecule has 42 heavy (non-hydrogen) atoms. The smallest absolute Gasteiger partial charge is 0.407 e. The van der Waals surface area contributed by atoms with Crippen molar-refractivity contribution >= 4 is 34.4 Å². The van der Waals surface area contributed by atoms with Gasteiger partial charge in [-0.25, -0.2) is 19.7 Å². The van der Waals surface area contributed by atoms with Crippen molar-refractivity contribution < 1.29 is 19.4 Å². The Balaban J connectivity index is 1.31. The first-order valence-electron chi connectivity index (χ1n) is 14.5. The highest BCUT2D eigenvalue weighted by atomic mass is 16.5. The third-order valence-electron chi connectivity index (χ3n) is 8.21. The van der Waals surface area contributed by atoms with E-state index in [-0.39, 0.29) is 17.9 Å². The van der Waals surface area contributed by atoms with Crippen molar-refractivity contribution in [3.63, 3.8) is 0 Å². The molecule has 4 heterocycles. The zero-order chi connectivity index (χ0) is 29.2. The number of carboxylic acid groups (broad SMARTS) is 1. The molecular formula is C32H34N6O4. The van der Waals surface area contributed by atoms with E-state index in [0.717, 1.165) is 47.7 Å². The van der Waals surface area contributed by atoms with Crippen molar-refractivity contribution in [1.29, 1.82) is 0 Å². The van der Waals surface area contributed by atoms with Crippen LogP contribution in [0.2, 0.25) is 0 Å². The normalized spacial score (nSPS) is 18.9. The van der Waals surface area contributed by atoms with Gasteiger partial charge in [-0.1, -0.05) is 31.2 Å². The van der Waals surface area contributed by atoms with E-state index in [4.69, 9.17) is 9.72 Å². The number of aromatic nitrogens is 3. The van der Waals surface area contributed by atoms with Gasteiger partial charge in [0.05, 0.1) is 16.9 Å². The van der Waals surface area contributed by atoms with Crippen LogP contribution < -0.4 is 15.0 Å². The lowest BCUT2D eigenvalue weighted by Crippen LogP contribution is -2.44. The Morgan fingerprint density at radius 3 is 2.74 bits per heavy atom. The summed E-state index contributed by atoms with van der Waals surface area (Å²) < 4.78 is 6.56. The summed E-state index contributed by atoms with van der Waals surface area (Å²) in [5.41, 5.74) is 3.18.